The first-order chi connectivity index (χ1) is 8.45. The highest BCUT2D eigenvalue weighted by molar-refractivity contribution is 5.82. The zero-order valence-corrected chi connectivity index (χ0v) is 11.3. The van der Waals surface area contributed by atoms with Gasteiger partial charge in [0, 0.05) is 19.0 Å². The third kappa shape index (κ3) is 3.87. The fourth-order valence-corrected chi connectivity index (χ4v) is 2.13. The fourth-order valence-electron chi connectivity index (χ4n) is 2.13. The Bertz CT molecular complexity index is 318. The molecule has 6 heteroatoms. The van der Waals surface area contributed by atoms with Gasteiger partial charge in [-0.1, -0.05) is 5.16 Å². The normalized spacial score (nSPS) is 24.6. The molecule has 0 aromatic carbocycles. The predicted octanol–water partition coefficient (Wildman–Crippen LogP) is 0.785. The SMILES string of the molecule is CC1CC(C(=O)N(CCC(N)=NO)C(C)C)CO1. The van der Waals surface area contributed by atoms with E-state index in [1.54, 1.807) is 4.90 Å². The van der Waals surface area contributed by atoms with Crippen molar-refractivity contribution >= 4 is 11.7 Å². The number of ether oxygens (including phenoxy) is 1. The molecule has 0 saturated carbocycles. The number of hydrogen-bond donors (Lipinski definition) is 2. The van der Waals surface area contributed by atoms with Gasteiger partial charge in [-0.15, -0.1) is 0 Å². The van der Waals surface area contributed by atoms with E-state index in [0.717, 1.165) is 6.42 Å². The molecule has 104 valence electrons. The molecule has 1 aliphatic rings. The zero-order valence-electron chi connectivity index (χ0n) is 11.3. The third-order valence-corrected chi connectivity index (χ3v) is 3.19. The Hall–Kier alpha value is -1.30. The maximum absolute atomic E-state index is 12.3. The summed E-state index contributed by atoms with van der Waals surface area (Å²) in [5.41, 5.74) is 5.43. The molecular weight excluding hydrogens is 234 g/mol. The van der Waals surface area contributed by atoms with Crippen LogP contribution >= 0.6 is 0 Å². The highest BCUT2D eigenvalue weighted by atomic mass is 16.5. The van der Waals surface area contributed by atoms with Crippen LogP contribution in [0, 0.1) is 5.92 Å². The summed E-state index contributed by atoms with van der Waals surface area (Å²) in [7, 11) is 0. The van der Waals surface area contributed by atoms with Crippen LogP contribution in [0.25, 0.3) is 0 Å². The molecule has 2 unspecified atom stereocenters. The fraction of sp³-hybridized carbons (Fsp3) is 0.833. The van der Waals surface area contributed by atoms with Crippen LogP contribution < -0.4 is 5.73 Å². The third-order valence-electron chi connectivity index (χ3n) is 3.19. The Labute approximate surface area is 108 Å². The lowest BCUT2D eigenvalue weighted by molar-refractivity contribution is -0.137. The topological polar surface area (TPSA) is 88.2 Å². The van der Waals surface area contributed by atoms with Crippen molar-refractivity contribution < 1.29 is 14.7 Å². The molecule has 1 aliphatic heterocycles. The Balaban J connectivity index is 2.58. The van der Waals surface area contributed by atoms with Crippen molar-refractivity contribution in [2.75, 3.05) is 13.2 Å². The summed E-state index contributed by atoms with van der Waals surface area (Å²) in [6.45, 7) is 6.86. The van der Waals surface area contributed by atoms with Crippen LogP contribution in [0.2, 0.25) is 0 Å². The van der Waals surface area contributed by atoms with E-state index in [0.29, 0.717) is 19.6 Å². The minimum Gasteiger partial charge on any atom is -0.409 e. The molecule has 0 aliphatic carbocycles. The molecular formula is C12H23N3O3. The van der Waals surface area contributed by atoms with Crippen LogP contribution in [-0.2, 0) is 9.53 Å². The van der Waals surface area contributed by atoms with Crippen molar-refractivity contribution in [2.24, 2.45) is 16.8 Å². The van der Waals surface area contributed by atoms with Crippen LogP contribution in [0.1, 0.15) is 33.6 Å². The van der Waals surface area contributed by atoms with Gasteiger partial charge in [0.2, 0.25) is 5.91 Å². The van der Waals surface area contributed by atoms with E-state index in [4.69, 9.17) is 15.7 Å². The maximum Gasteiger partial charge on any atom is 0.228 e. The maximum atomic E-state index is 12.3. The van der Waals surface area contributed by atoms with Crippen molar-refractivity contribution in [1.29, 1.82) is 0 Å². The highest BCUT2D eigenvalue weighted by Crippen LogP contribution is 2.22. The number of rotatable bonds is 5. The van der Waals surface area contributed by atoms with Gasteiger partial charge in [0.05, 0.1) is 18.6 Å². The van der Waals surface area contributed by atoms with Gasteiger partial charge in [0.15, 0.2) is 0 Å². The van der Waals surface area contributed by atoms with Crippen LogP contribution in [0.5, 0.6) is 0 Å². The summed E-state index contributed by atoms with van der Waals surface area (Å²) in [6.07, 6.45) is 1.30. The lowest BCUT2D eigenvalue weighted by Crippen LogP contribution is -2.42. The number of amidine groups is 1. The van der Waals surface area contributed by atoms with Gasteiger partial charge in [0.25, 0.3) is 0 Å². The second-order valence-corrected chi connectivity index (χ2v) is 5.04. The Morgan fingerprint density at radius 3 is 2.72 bits per heavy atom. The minimum atomic E-state index is -0.0605. The zero-order chi connectivity index (χ0) is 13.7. The number of carbonyl (C=O) groups excluding carboxylic acids is 1. The first kappa shape index (κ1) is 14.8. The molecule has 0 radical (unpaired) electrons. The minimum absolute atomic E-state index is 0.0605. The summed E-state index contributed by atoms with van der Waals surface area (Å²) in [4.78, 5) is 14.1. The largest absolute Gasteiger partial charge is 0.409 e. The van der Waals surface area contributed by atoms with Gasteiger partial charge in [-0.2, -0.15) is 0 Å². The summed E-state index contributed by atoms with van der Waals surface area (Å²) in [5.74, 6) is 0.180. The summed E-state index contributed by atoms with van der Waals surface area (Å²) >= 11 is 0. The second-order valence-electron chi connectivity index (χ2n) is 5.04. The quantitative estimate of drug-likeness (QED) is 0.330. The average molecular weight is 257 g/mol. The molecule has 1 rings (SSSR count). The van der Waals surface area contributed by atoms with Crippen molar-refractivity contribution in [1.82, 2.24) is 4.90 Å². The first-order valence-corrected chi connectivity index (χ1v) is 6.34. The van der Waals surface area contributed by atoms with E-state index in [1.807, 2.05) is 20.8 Å². The Morgan fingerprint density at radius 1 is 1.61 bits per heavy atom. The molecule has 1 heterocycles. The molecule has 0 spiro atoms. The van der Waals surface area contributed by atoms with Gasteiger partial charge in [-0.25, -0.2) is 0 Å². The highest BCUT2D eigenvalue weighted by Gasteiger charge is 2.32. The van der Waals surface area contributed by atoms with Crippen molar-refractivity contribution in [3.05, 3.63) is 0 Å². The summed E-state index contributed by atoms with van der Waals surface area (Å²) < 4.78 is 5.43. The average Bonchev–Trinajstić information content (AvgIpc) is 2.75. The van der Waals surface area contributed by atoms with Crippen LogP contribution in [0.15, 0.2) is 5.16 Å². The monoisotopic (exact) mass is 257 g/mol. The molecule has 0 aromatic rings. The number of carbonyl (C=O) groups is 1. The number of nitrogens with zero attached hydrogens (tertiary/aromatic N) is 2. The molecule has 1 saturated heterocycles. The molecule has 1 amide bonds. The van der Waals surface area contributed by atoms with Crippen LogP contribution in [0.3, 0.4) is 0 Å². The van der Waals surface area contributed by atoms with Crippen molar-refractivity contribution in [3.63, 3.8) is 0 Å². The van der Waals surface area contributed by atoms with E-state index in [1.165, 1.54) is 0 Å². The van der Waals surface area contributed by atoms with Crippen molar-refractivity contribution in [2.45, 2.75) is 45.8 Å². The van der Waals surface area contributed by atoms with Gasteiger partial charge in [-0.3, -0.25) is 4.79 Å². The van der Waals surface area contributed by atoms with Crippen LogP contribution in [0.4, 0.5) is 0 Å². The van der Waals surface area contributed by atoms with Gasteiger partial charge >= 0.3 is 0 Å². The number of amides is 1. The summed E-state index contributed by atoms with van der Waals surface area (Å²) in [5, 5.41) is 11.4. The standard InChI is InChI=1S/C12H23N3O3/c1-8(2)15(5-4-11(13)14-17)12(16)10-6-9(3)18-7-10/h8-10,17H,4-7H2,1-3H3,(H2,13,14). The Morgan fingerprint density at radius 2 is 2.28 bits per heavy atom. The summed E-state index contributed by atoms with van der Waals surface area (Å²) in [6, 6.07) is 0.0971. The molecule has 0 aromatic heterocycles. The molecule has 18 heavy (non-hydrogen) atoms. The van der Waals surface area contributed by atoms with Gasteiger partial charge in [-0.05, 0) is 27.2 Å². The number of hydrogen-bond acceptors (Lipinski definition) is 4. The second kappa shape index (κ2) is 6.58. The van der Waals surface area contributed by atoms with E-state index in [9.17, 15) is 4.79 Å². The number of oxime groups is 1. The lowest BCUT2D eigenvalue weighted by atomic mass is 10.0. The first-order valence-electron chi connectivity index (χ1n) is 6.34. The predicted molar refractivity (Wildman–Crippen MR) is 68.4 cm³/mol. The molecule has 3 N–H and O–H groups in total. The number of nitrogens with two attached hydrogens (primary N) is 1. The molecule has 1 fully saturated rings. The van der Waals surface area contributed by atoms with Crippen molar-refractivity contribution in [3.8, 4) is 0 Å². The van der Waals surface area contributed by atoms with E-state index in [-0.39, 0.29) is 29.8 Å². The van der Waals surface area contributed by atoms with E-state index < -0.39 is 0 Å². The molecule has 2 atom stereocenters. The van der Waals surface area contributed by atoms with E-state index in [2.05, 4.69) is 5.16 Å². The Kier molecular flexibility index (Phi) is 5.40. The van der Waals surface area contributed by atoms with Gasteiger partial charge in [0.1, 0.15) is 5.84 Å². The molecule has 6 nitrogen and oxygen atoms in total. The smallest absolute Gasteiger partial charge is 0.228 e. The van der Waals surface area contributed by atoms with Crippen LogP contribution in [-0.4, -0.2) is 47.1 Å². The van der Waals surface area contributed by atoms with Gasteiger partial charge < -0.3 is 20.6 Å². The lowest BCUT2D eigenvalue weighted by Gasteiger charge is -2.28. The van der Waals surface area contributed by atoms with E-state index >= 15 is 0 Å². The molecule has 0 bridgehead atoms.